The zero-order chi connectivity index (χ0) is 14.0. The number of halogens is 2. The first kappa shape index (κ1) is 14.6. The van der Waals surface area contributed by atoms with Gasteiger partial charge in [-0.25, -0.2) is 0 Å². The van der Waals surface area contributed by atoms with Crippen LogP contribution in [0.25, 0.3) is 0 Å². The van der Waals surface area contributed by atoms with Crippen LogP contribution in [0.1, 0.15) is 34.8 Å². The highest BCUT2D eigenvalue weighted by Crippen LogP contribution is 2.20. The lowest BCUT2D eigenvalue weighted by Gasteiger charge is -2.12. The van der Waals surface area contributed by atoms with E-state index in [-0.39, 0.29) is 11.9 Å². The van der Waals surface area contributed by atoms with Crippen molar-refractivity contribution >= 4 is 44.4 Å². The summed E-state index contributed by atoms with van der Waals surface area (Å²) in [5.41, 5.74) is 0.658. The van der Waals surface area contributed by atoms with E-state index in [1.807, 2.05) is 44.2 Å². The molecule has 2 aromatic rings. The molecule has 2 rings (SSSR count). The normalized spacial score (nSPS) is 12.2. The molecule has 0 bridgehead atoms. The Labute approximate surface area is 134 Å². The van der Waals surface area contributed by atoms with Crippen molar-refractivity contribution in [3.63, 3.8) is 0 Å². The minimum absolute atomic E-state index is 0.104. The molecule has 0 radical (unpaired) electrons. The predicted octanol–water partition coefficient (Wildman–Crippen LogP) is 4.45. The number of nitrogens with one attached hydrogen (secondary N) is 1. The van der Waals surface area contributed by atoms with E-state index in [2.05, 4.69) is 43.8 Å². The lowest BCUT2D eigenvalue weighted by molar-refractivity contribution is 0.0934. The van der Waals surface area contributed by atoms with Crippen LogP contribution >= 0.6 is 38.5 Å². The summed E-state index contributed by atoms with van der Waals surface area (Å²) in [6.45, 7) is 3.79. The van der Waals surface area contributed by atoms with E-state index in [1.165, 1.54) is 0 Å². The number of amides is 1. The Morgan fingerprint density at radius 1 is 1.37 bits per heavy atom. The molecule has 1 atom stereocenters. The second kappa shape index (κ2) is 6.09. The van der Waals surface area contributed by atoms with E-state index in [0.29, 0.717) is 5.56 Å². The third-order valence-electron chi connectivity index (χ3n) is 2.71. The van der Waals surface area contributed by atoms with Crippen LogP contribution < -0.4 is 5.32 Å². The number of aryl methyl sites for hydroxylation is 1. The van der Waals surface area contributed by atoms with Crippen LogP contribution in [-0.2, 0) is 0 Å². The summed E-state index contributed by atoms with van der Waals surface area (Å²) < 4.78 is 7.32. The molecule has 0 spiro atoms. The van der Waals surface area contributed by atoms with Crippen LogP contribution in [0.3, 0.4) is 0 Å². The fourth-order valence-corrected chi connectivity index (χ4v) is 2.64. The van der Waals surface area contributed by atoms with Gasteiger partial charge in [-0.1, -0.05) is 15.9 Å². The molecule has 1 amide bonds. The van der Waals surface area contributed by atoms with E-state index in [4.69, 9.17) is 4.42 Å². The Morgan fingerprint density at radius 2 is 2.11 bits per heavy atom. The molecule has 19 heavy (non-hydrogen) atoms. The first-order valence-electron chi connectivity index (χ1n) is 5.79. The van der Waals surface area contributed by atoms with Crippen molar-refractivity contribution in [2.75, 3.05) is 0 Å². The maximum Gasteiger partial charge on any atom is 0.252 e. The van der Waals surface area contributed by atoms with Gasteiger partial charge in [0.15, 0.2) is 0 Å². The van der Waals surface area contributed by atoms with Gasteiger partial charge in [0, 0.05) is 8.04 Å². The van der Waals surface area contributed by atoms with Gasteiger partial charge < -0.3 is 9.73 Å². The van der Waals surface area contributed by atoms with Gasteiger partial charge >= 0.3 is 0 Å². The van der Waals surface area contributed by atoms with Crippen molar-refractivity contribution in [2.45, 2.75) is 19.9 Å². The highest BCUT2D eigenvalue weighted by Gasteiger charge is 2.16. The lowest BCUT2D eigenvalue weighted by atomic mass is 10.2. The number of hydrogen-bond donors (Lipinski definition) is 1. The first-order chi connectivity index (χ1) is 8.97. The smallest absolute Gasteiger partial charge is 0.252 e. The summed E-state index contributed by atoms with van der Waals surface area (Å²) in [7, 11) is 0. The van der Waals surface area contributed by atoms with Crippen LogP contribution in [0.15, 0.2) is 39.2 Å². The van der Waals surface area contributed by atoms with Gasteiger partial charge in [0.05, 0.1) is 11.6 Å². The Kier molecular flexibility index (Phi) is 4.67. The van der Waals surface area contributed by atoms with Gasteiger partial charge in [0.1, 0.15) is 11.5 Å². The zero-order valence-electron chi connectivity index (χ0n) is 10.5. The molecule has 1 aromatic carbocycles. The molecular formula is C14H13BrINO2. The highest BCUT2D eigenvalue weighted by atomic mass is 127. The van der Waals surface area contributed by atoms with E-state index >= 15 is 0 Å². The van der Waals surface area contributed by atoms with Crippen molar-refractivity contribution in [1.29, 1.82) is 0 Å². The summed E-state index contributed by atoms with van der Waals surface area (Å²) in [5, 5.41) is 2.94. The minimum atomic E-state index is -0.156. The molecule has 1 aromatic heterocycles. The van der Waals surface area contributed by atoms with Crippen LogP contribution in [0.5, 0.6) is 0 Å². The molecule has 1 heterocycles. The number of furan rings is 1. The number of hydrogen-bond acceptors (Lipinski definition) is 2. The number of carbonyl (C=O) groups is 1. The number of carbonyl (C=O) groups excluding carboxylic acids is 1. The maximum atomic E-state index is 12.2. The molecule has 0 saturated heterocycles. The van der Waals surface area contributed by atoms with Crippen molar-refractivity contribution in [3.8, 4) is 0 Å². The zero-order valence-corrected chi connectivity index (χ0v) is 14.3. The molecule has 1 N–H and O–H groups in total. The Hall–Kier alpha value is -0.820. The van der Waals surface area contributed by atoms with Gasteiger partial charge in [-0.2, -0.15) is 0 Å². The molecule has 3 nitrogen and oxygen atoms in total. The van der Waals surface area contributed by atoms with E-state index in [9.17, 15) is 4.79 Å². The van der Waals surface area contributed by atoms with E-state index < -0.39 is 0 Å². The van der Waals surface area contributed by atoms with Gasteiger partial charge in [0.25, 0.3) is 5.91 Å². The van der Waals surface area contributed by atoms with Gasteiger partial charge in [-0.3, -0.25) is 4.79 Å². The summed E-state index contributed by atoms with van der Waals surface area (Å²) in [5.74, 6) is 1.50. The molecule has 0 aliphatic carbocycles. The monoisotopic (exact) mass is 433 g/mol. The highest BCUT2D eigenvalue weighted by molar-refractivity contribution is 14.1. The number of benzene rings is 1. The standard InChI is InChI=1S/C14H13BrINO2/c1-8-3-6-13(19-8)9(2)17-14(18)11-7-10(15)4-5-12(11)16/h3-7,9H,1-2H3,(H,17,18). The molecule has 0 saturated carbocycles. The summed E-state index contributed by atoms with van der Waals surface area (Å²) >= 11 is 5.53. The van der Waals surface area contributed by atoms with Crippen LogP contribution in [0.4, 0.5) is 0 Å². The fraction of sp³-hybridized carbons (Fsp3) is 0.214. The molecule has 100 valence electrons. The minimum Gasteiger partial charge on any atom is -0.464 e. The van der Waals surface area contributed by atoms with Crippen molar-refractivity contribution in [3.05, 3.63) is 55.5 Å². The number of rotatable bonds is 3. The quantitative estimate of drug-likeness (QED) is 0.726. The van der Waals surface area contributed by atoms with Crippen LogP contribution in [0.2, 0.25) is 0 Å². The molecule has 0 aliphatic rings. The topological polar surface area (TPSA) is 42.2 Å². The van der Waals surface area contributed by atoms with Crippen molar-refractivity contribution in [2.24, 2.45) is 0 Å². The summed E-state index contributed by atoms with van der Waals surface area (Å²) in [4.78, 5) is 12.2. The summed E-state index contributed by atoms with van der Waals surface area (Å²) in [6.07, 6.45) is 0. The first-order valence-corrected chi connectivity index (χ1v) is 7.67. The van der Waals surface area contributed by atoms with Crippen molar-refractivity contribution in [1.82, 2.24) is 5.32 Å². The largest absolute Gasteiger partial charge is 0.464 e. The molecule has 1 unspecified atom stereocenters. The van der Waals surface area contributed by atoms with Gasteiger partial charge in [0.2, 0.25) is 0 Å². The maximum absolute atomic E-state index is 12.2. The van der Waals surface area contributed by atoms with Gasteiger partial charge in [-0.15, -0.1) is 0 Å². The van der Waals surface area contributed by atoms with E-state index in [1.54, 1.807) is 0 Å². The summed E-state index contributed by atoms with van der Waals surface area (Å²) in [6, 6.07) is 9.25. The van der Waals surface area contributed by atoms with Crippen LogP contribution in [0, 0.1) is 10.5 Å². The Morgan fingerprint density at radius 3 is 2.74 bits per heavy atom. The van der Waals surface area contributed by atoms with Crippen LogP contribution in [-0.4, -0.2) is 5.91 Å². The second-order valence-electron chi connectivity index (χ2n) is 4.27. The fourth-order valence-electron chi connectivity index (χ4n) is 1.70. The average Bonchev–Trinajstić information content (AvgIpc) is 2.79. The third kappa shape index (κ3) is 3.60. The lowest BCUT2D eigenvalue weighted by Crippen LogP contribution is -2.27. The Bertz CT molecular complexity index is 609. The molecule has 0 aliphatic heterocycles. The van der Waals surface area contributed by atoms with E-state index in [0.717, 1.165) is 19.6 Å². The molecule has 5 heteroatoms. The second-order valence-corrected chi connectivity index (χ2v) is 6.35. The SMILES string of the molecule is Cc1ccc(C(C)NC(=O)c2cc(Br)ccc2I)o1. The predicted molar refractivity (Wildman–Crippen MR) is 86.2 cm³/mol. The Balaban J connectivity index is 2.15. The van der Waals surface area contributed by atoms with Crippen molar-refractivity contribution < 1.29 is 9.21 Å². The third-order valence-corrected chi connectivity index (χ3v) is 4.14. The molecule has 0 fully saturated rings. The van der Waals surface area contributed by atoms with Gasteiger partial charge in [-0.05, 0) is 66.8 Å². The molecular weight excluding hydrogens is 421 g/mol. The average molecular weight is 434 g/mol.